The Kier molecular flexibility index (Phi) is 7.14. The first-order valence-electron chi connectivity index (χ1n) is 13.9. The molecule has 0 aromatic heterocycles. The van der Waals surface area contributed by atoms with Crippen LogP contribution in [-0.2, 0) is 16.2 Å². The van der Waals surface area contributed by atoms with Gasteiger partial charge in [0.1, 0.15) is 6.61 Å². The molecule has 0 saturated carbocycles. The van der Waals surface area contributed by atoms with Gasteiger partial charge in [0, 0.05) is 16.3 Å². The fourth-order valence-corrected chi connectivity index (χ4v) is 7.75. The van der Waals surface area contributed by atoms with E-state index in [0.29, 0.717) is 30.3 Å². The number of carbonyl (C=O) groups excluding carboxylic acids is 2. The van der Waals surface area contributed by atoms with E-state index in [-0.39, 0.29) is 23.7 Å². The molecule has 0 N–H and O–H groups in total. The molecule has 3 aliphatic carbocycles. The van der Waals surface area contributed by atoms with Crippen LogP contribution in [0.3, 0.4) is 0 Å². The molecule has 2 bridgehead atoms. The Labute approximate surface area is 266 Å². The molecule has 1 fully saturated rings. The third-order valence-corrected chi connectivity index (χ3v) is 9.71. The Hall–Kier alpha value is -3.50. The van der Waals surface area contributed by atoms with E-state index in [2.05, 4.69) is 67.9 Å². The van der Waals surface area contributed by atoms with Crippen LogP contribution in [0.15, 0.2) is 94.5 Å². The van der Waals surface area contributed by atoms with Gasteiger partial charge in [-0.05, 0) is 87.2 Å². The van der Waals surface area contributed by atoms with Gasteiger partial charge in [0.2, 0.25) is 0 Å². The number of hydrogen-bond acceptors (Lipinski definition) is 5. The van der Waals surface area contributed by atoms with Gasteiger partial charge >= 0.3 is 0 Å². The van der Waals surface area contributed by atoms with E-state index >= 15 is 0 Å². The minimum Gasteiger partial charge on any atom is -0.490 e. The van der Waals surface area contributed by atoms with Crippen molar-refractivity contribution in [2.24, 2.45) is 16.9 Å². The number of imide groups is 1. The van der Waals surface area contributed by atoms with Crippen LogP contribution in [0.4, 0.5) is 0 Å². The minimum absolute atomic E-state index is 0.156. The molecule has 0 unspecified atom stereocenters. The molecule has 8 heteroatoms. The van der Waals surface area contributed by atoms with Crippen molar-refractivity contribution in [2.45, 2.75) is 25.4 Å². The summed E-state index contributed by atoms with van der Waals surface area (Å²) in [7, 11) is 0. The van der Waals surface area contributed by atoms with Gasteiger partial charge in [-0.25, -0.2) is 0 Å². The lowest BCUT2D eigenvalue weighted by Gasteiger charge is -2.45. The summed E-state index contributed by atoms with van der Waals surface area (Å²) in [5, 5.41) is 5.58. The zero-order valence-electron chi connectivity index (χ0n) is 22.7. The SMILES string of the molecule is CCOc1cc(/C=N\N2C(=O)[C@H]3C4c5ccccc5C(c5ccccc54)[C@@H]3C2=O)cc(I)c1OCc1ccc(Br)cc1. The highest BCUT2D eigenvalue weighted by atomic mass is 127. The zero-order valence-corrected chi connectivity index (χ0v) is 26.4. The van der Waals surface area contributed by atoms with Crippen molar-refractivity contribution in [3.63, 3.8) is 0 Å². The predicted molar refractivity (Wildman–Crippen MR) is 172 cm³/mol. The molecule has 4 aliphatic rings. The van der Waals surface area contributed by atoms with Crippen LogP contribution >= 0.6 is 38.5 Å². The molecule has 4 aromatic carbocycles. The van der Waals surface area contributed by atoms with E-state index < -0.39 is 11.8 Å². The highest BCUT2D eigenvalue weighted by Crippen LogP contribution is 2.61. The average Bonchev–Trinajstić information content (AvgIpc) is 3.26. The maximum atomic E-state index is 13.9. The third-order valence-electron chi connectivity index (χ3n) is 8.38. The molecular formula is C34H26BrIN2O4. The van der Waals surface area contributed by atoms with E-state index in [0.717, 1.165) is 40.9 Å². The third kappa shape index (κ3) is 4.46. The summed E-state index contributed by atoms with van der Waals surface area (Å²) in [4.78, 5) is 27.7. The maximum Gasteiger partial charge on any atom is 0.254 e. The van der Waals surface area contributed by atoms with Crippen LogP contribution in [0, 0.1) is 15.4 Å². The van der Waals surface area contributed by atoms with Gasteiger partial charge in [-0.2, -0.15) is 10.1 Å². The topological polar surface area (TPSA) is 68.2 Å². The van der Waals surface area contributed by atoms with Gasteiger partial charge in [0.15, 0.2) is 11.5 Å². The van der Waals surface area contributed by atoms with Crippen LogP contribution in [0.1, 0.15) is 52.1 Å². The standard InChI is InChI=1S/C34H26BrIN2O4/c1-2-41-27-16-20(15-26(36)32(27)42-18-19-11-13-21(35)14-12-19)17-37-38-33(39)30-28-22-7-3-4-8-23(22)29(31(30)34(38)40)25-10-6-5-9-24(25)28/h3-17,28-31H,2,18H2,1H3/b37-17-/t28?,29?,30-,31-/m0/s1. The Balaban J connectivity index is 1.18. The minimum atomic E-state index is -0.460. The van der Waals surface area contributed by atoms with E-state index in [1.165, 1.54) is 0 Å². The Morgan fingerprint density at radius 2 is 1.38 bits per heavy atom. The van der Waals surface area contributed by atoms with Gasteiger partial charge in [-0.15, -0.1) is 0 Å². The summed E-state index contributed by atoms with van der Waals surface area (Å²) in [6.07, 6.45) is 1.57. The number of nitrogens with zero attached hydrogens (tertiary/aromatic N) is 2. The lowest BCUT2D eigenvalue weighted by molar-refractivity contribution is -0.139. The van der Waals surface area contributed by atoms with Gasteiger partial charge in [0.05, 0.1) is 28.2 Å². The van der Waals surface area contributed by atoms with Crippen LogP contribution in [0.5, 0.6) is 11.5 Å². The van der Waals surface area contributed by atoms with Gasteiger partial charge in [-0.1, -0.05) is 76.6 Å². The van der Waals surface area contributed by atoms with Crippen molar-refractivity contribution in [2.75, 3.05) is 6.61 Å². The first-order valence-corrected chi connectivity index (χ1v) is 15.8. The van der Waals surface area contributed by atoms with Crippen LogP contribution in [0.2, 0.25) is 0 Å². The average molecular weight is 733 g/mol. The number of amides is 2. The summed E-state index contributed by atoms with van der Waals surface area (Å²) in [6.45, 7) is 2.77. The van der Waals surface area contributed by atoms with E-state index in [4.69, 9.17) is 9.47 Å². The van der Waals surface area contributed by atoms with Crippen LogP contribution < -0.4 is 9.47 Å². The summed E-state index contributed by atoms with van der Waals surface area (Å²) in [5.74, 6) is -0.489. The van der Waals surface area contributed by atoms with Gasteiger partial charge < -0.3 is 9.47 Å². The number of ether oxygens (including phenoxy) is 2. The second kappa shape index (κ2) is 11.0. The van der Waals surface area contributed by atoms with Crippen molar-refractivity contribution >= 4 is 56.5 Å². The number of hydrogen-bond donors (Lipinski definition) is 0. The van der Waals surface area contributed by atoms with Crippen molar-refractivity contribution in [3.05, 3.63) is 126 Å². The van der Waals surface area contributed by atoms with Crippen LogP contribution in [0.25, 0.3) is 0 Å². The quantitative estimate of drug-likeness (QED) is 0.114. The first kappa shape index (κ1) is 27.3. The number of benzene rings is 4. The number of carbonyl (C=O) groups is 2. The molecule has 6 nitrogen and oxygen atoms in total. The molecular weight excluding hydrogens is 707 g/mol. The lowest BCUT2D eigenvalue weighted by atomic mass is 9.55. The molecule has 0 spiro atoms. The molecule has 1 saturated heterocycles. The number of halogens is 2. The number of rotatable bonds is 7. The first-order chi connectivity index (χ1) is 20.5. The zero-order chi connectivity index (χ0) is 29.0. The smallest absolute Gasteiger partial charge is 0.254 e. The Bertz CT molecular complexity index is 1640. The van der Waals surface area contributed by atoms with Gasteiger partial charge in [-0.3, -0.25) is 9.59 Å². The molecule has 8 rings (SSSR count). The highest BCUT2D eigenvalue weighted by Gasteiger charge is 2.61. The normalized spacial score (nSPS) is 21.8. The Morgan fingerprint density at radius 3 is 1.90 bits per heavy atom. The monoisotopic (exact) mass is 732 g/mol. The molecule has 2 amide bonds. The fourth-order valence-electron chi connectivity index (χ4n) is 6.70. The molecule has 210 valence electrons. The largest absolute Gasteiger partial charge is 0.490 e. The lowest BCUT2D eigenvalue weighted by Crippen LogP contribution is -2.41. The fraction of sp³-hybridized carbons (Fsp3) is 0.206. The van der Waals surface area contributed by atoms with Crippen molar-refractivity contribution < 1.29 is 19.1 Å². The Morgan fingerprint density at radius 1 is 0.833 bits per heavy atom. The van der Waals surface area contributed by atoms with Crippen molar-refractivity contribution in [1.29, 1.82) is 0 Å². The summed E-state index contributed by atoms with van der Waals surface area (Å²) >= 11 is 5.67. The van der Waals surface area contributed by atoms with Crippen LogP contribution in [-0.4, -0.2) is 29.6 Å². The van der Waals surface area contributed by atoms with E-state index in [9.17, 15) is 9.59 Å². The van der Waals surface area contributed by atoms with Gasteiger partial charge in [0.25, 0.3) is 11.8 Å². The van der Waals surface area contributed by atoms with E-state index in [1.807, 2.05) is 67.6 Å². The maximum absolute atomic E-state index is 13.9. The molecule has 1 heterocycles. The molecule has 4 aromatic rings. The molecule has 2 atom stereocenters. The summed E-state index contributed by atoms with van der Waals surface area (Å²) < 4.78 is 13.9. The summed E-state index contributed by atoms with van der Waals surface area (Å²) in [5.41, 5.74) is 6.32. The predicted octanol–water partition coefficient (Wildman–Crippen LogP) is 7.26. The molecule has 0 radical (unpaired) electrons. The van der Waals surface area contributed by atoms with Crippen molar-refractivity contribution in [3.8, 4) is 11.5 Å². The summed E-state index contributed by atoms with van der Waals surface area (Å²) in [6, 6.07) is 28.1. The molecule has 1 aliphatic heterocycles. The van der Waals surface area contributed by atoms with E-state index in [1.54, 1.807) is 6.21 Å². The number of hydrazone groups is 1. The highest BCUT2D eigenvalue weighted by molar-refractivity contribution is 14.1. The second-order valence-corrected chi connectivity index (χ2v) is 12.8. The molecule has 42 heavy (non-hydrogen) atoms. The second-order valence-electron chi connectivity index (χ2n) is 10.7. The van der Waals surface area contributed by atoms with Crippen molar-refractivity contribution in [1.82, 2.24) is 5.01 Å².